The minimum Gasteiger partial charge on any atom is -0.397 e. The van der Waals surface area contributed by atoms with Gasteiger partial charge in [0, 0.05) is 24.7 Å². The maximum Gasteiger partial charge on any atom is 0.123 e. The second-order valence-electron chi connectivity index (χ2n) is 9.70. The molecule has 4 heterocycles. The number of hydrogen-bond acceptors (Lipinski definition) is 5. The van der Waals surface area contributed by atoms with E-state index < -0.39 is 0 Å². The number of halogens is 1. The second kappa shape index (κ2) is 13.5. The predicted octanol–water partition coefficient (Wildman–Crippen LogP) is 6.58. The van der Waals surface area contributed by atoms with Gasteiger partial charge in [-0.05, 0) is 92.0 Å². The Hall–Kier alpha value is -4.54. The summed E-state index contributed by atoms with van der Waals surface area (Å²) in [5, 5.41) is 0. The first-order valence-electron chi connectivity index (χ1n) is 13.4. The number of likely N-dealkylation sites (tertiary alicyclic amines) is 1. The minimum atomic E-state index is -0.283. The Kier molecular flexibility index (Phi) is 9.61. The van der Waals surface area contributed by atoms with Gasteiger partial charge in [0.1, 0.15) is 17.2 Å². The van der Waals surface area contributed by atoms with Crippen molar-refractivity contribution in [2.45, 2.75) is 32.6 Å². The molecule has 0 unspecified atom stereocenters. The lowest BCUT2D eigenvalue weighted by Crippen LogP contribution is -2.31. The molecular formula is C33H35FN6. The Labute approximate surface area is 235 Å². The Morgan fingerprint density at radius 3 is 2.58 bits per heavy atom. The number of H-pyrrole nitrogens is 1. The molecule has 0 aliphatic carbocycles. The van der Waals surface area contributed by atoms with Crippen LogP contribution in [0.3, 0.4) is 0 Å². The quantitative estimate of drug-likeness (QED) is 0.197. The van der Waals surface area contributed by atoms with Gasteiger partial charge in [-0.3, -0.25) is 14.9 Å². The Morgan fingerprint density at radius 1 is 1.12 bits per heavy atom. The SMILES string of the molecule is C#C.C=C/C(=C\C(=C/C)c1cc(Cc2nc3c(-c4ccc(F)cc4)nccc3[nH]2)c(N)cn1)CN1CCCCC1. The molecular weight excluding hydrogens is 499 g/mol. The number of rotatable bonds is 8. The number of allylic oxidation sites excluding steroid dienone is 3. The van der Waals surface area contributed by atoms with Crippen molar-refractivity contribution >= 4 is 22.3 Å². The van der Waals surface area contributed by atoms with Crippen molar-refractivity contribution in [2.24, 2.45) is 0 Å². The summed E-state index contributed by atoms with van der Waals surface area (Å²) in [6, 6.07) is 10.2. The molecule has 0 saturated carbocycles. The van der Waals surface area contributed by atoms with Crippen LogP contribution in [0.25, 0.3) is 27.9 Å². The number of hydrogen-bond donors (Lipinski definition) is 2. The molecule has 1 aromatic carbocycles. The first-order chi connectivity index (χ1) is 19.5. The van der Waals surface area contributed by atoms with E-state index >= 15 is 0 Å². The van der Waals surface area contributed by atoms with Gasteiger partial charge in [0.05, 0.1) is 28.8 Å². The number of nitrogens with zero attached hydrogens (tertiary/aromatic N) is 4. The van der Waals surface area contributed by atoms with Crippen molar-refractivity contribution < 1.29 is 4.39 Å². The third-order valence-electron chi connectivity index (χ3n) is 7.01. The molecule has 0 bridgehead atoms. The molecule has 3 aromatic heterocycles. The van der Waals surface area contributed by atoms with Gasteiger partial charge >= 0.3 is 0 Å². The standard InChI is InChI=1S/C31H33FN6.C2H2/c1-3-21(20-38-14-6-5-7-15-38)16-22(4-2)28-17-24(26(33)19-35-28)18-29-36-27-12-13-34-30(31(27)37-29)23-8-10-25(32)11-9-23;1-2/h3-4,8-13,16-17,19H,1,5-7,14-15,18,20,33H2,2H3,(H,36,37);1-2H/b21-16+,22-4+;. The molecule has 5 rings (SSSR count). The molecule has 1 aliphatic rings. The van der Waals surface area contributed by atoms with Gasteiger partial charge in [0.2, 0.25) is 0 Å². The number of nitrogen functional groups attached to an aromatic ring is 1. The van der Waals surface area contributed by atoms with Crippen LogP contribution in [0.2, 0.25) is 0 Å². The van der Waals surface area contributed by atoms with Crippen molar-refractivity contribution in [1.29, 1.82) is 0 Å². The summed E-state index contributed by atoms with van der Waals surface area (Å²) < 4.78 is 13.4. The number of aromatic amines is 1. The molecule has 1 saturated heterocycles. The number of imidazole rings is 1. The smallest absolute Gasteiger partial charge is 0.123 e. The number of anilines is 1. The molecule has 0 amide bonds. The third kappa shape index (κ3) is 6.71. The number of pyridine rings is 2. The Bertz CT molecular complexity index is 1540. The maximum atomic E-state index is 13.4. The average Bonchev–Trinajstić information content (AvgIpc) is 3.41. The third-order valence-corrected chi connectivity index (χ3v) is 7.01. The van der Waals surface area contributed by atoms with Crippen molar-refractivity contribution in [1.82, 2.24) is 24.8 Å². The monoisotopic (exact) mass is 534 g/mol. The van der Waals surface area contributed by atoms with E-state index in [4.69, 9.17) is 10.7 Å². The van der Waals surface area contributed by atoms with Gasteiger partial charge < -0.3 is 10.7 Å². The van der Waals surface area contributed by atoms with Gasteiger partial charge in [-0.1, -0.05) is 25.2 Å². The fourth-order valence-electron chi connectivity index (χ4n) is 4.94. The summed E-state index contributed by atoms with van der Waals surface area (Å²) >= 11 is 0. The lowest BCUT2D eigenvalue weighted by molar-refractivity contribution is 0.248. The molecule has 40 heavy (non-hydrogen) atoms. The molecule has 0 radical (unpaired) electrons. The van der Waals surface area contributed by atoms with Crippen LogP contribution < -0.4 is 5.73 Å². The number of terminal acetylenes is 1. The van der Waals surface area contributed by atoms with E-state index in [1.807, 2.05) is 25.1 Å². The second-order valence-corrected chi connectivity index (χ2v) is 9.70. The van der Waals surface area contributed by atoms with Crippen LogP contribution in [0, 0.1) is 18.7 Å². The zero-order valence-electron chi connectivity index (χ0n) is 22.9. The summed E-state index contributed by atoms with van der Waals surface area (Å²) in [4.78, 5) is 19.9. The van der Waals surface area contributed by atoms with Gasteiger partial charge in [0.15, 0.2) is 0 Å². The van der Waals surface area contributed by atoms with Gasteiger partial charge in [-0.25, -0.2) is 9.37 Å². The van der Waals surface area contributed by atoms with Crippen molar-refractivity contribution in [3.05, 3.63) is 102 Å². The van der Waals surface area contributed by atoms with E-state index in [0.717, 1.165) is 58.9 Å². The highest BCUT2D eigenvalue weighted by molar-refractivity contribution is 5.89. The fraction of sp³-hybridized carbons (Fsp3) is 0.242. The average molecular weight is 535 g/mol. The molecule has 7 heteroatoms. The minimum absolute atomic E-state index is 0.283. The summed E-state index contributed by atoms with van der Waals surface area (Å²) in [7, 11) is 0. The normalized spacial score (nSPS) is 14.5. The Morgan fingerprint density at radius 2 is 1.88 bits per heavy atom. The molecule has 1 aliphatic heterocycles. The van der Waals surface area contributed by atoms with E-state index in [1.165, 1.54) is 37.0 Å². The lowest BCUT2D eigenvalue weighted by Gasteiger charge is -2.26. The summed E-state index contributed by atoms with van der Waals surface area (Å²) in [5.74, 6) is 0.490. The number of benzene rings is 1. The summed E-state index contributed by atoms with van der Waals surface area (Å²) in [5.41, 5.74) is 14.1. The largest absolute Gasteiger partial charge is 0.397 e. The number of fused-ring (bicyclic) bond motifs is 1. The number of piperidine rings is 1. The van der Waals surface area contributed by atoms with Crippen LogP contribution >= 0.6 is 0 Å². The van der Waals surface area contributed by atoms with Gasteiger partial charge in [-0.15, -0.1) is 12.8 Å². The topological polar surface area (TPSA) is 83.7 Å². The predicted molar refractivity (Wildman–Crippen MR) is 163 cm³/mol. The van der Waals surface area contributed by atoms with Crippen LogP contribution in [0.1, 0.15) is 43.3 Å². The van der Waals surface area contributed by atoms with E-state index in [1.54, 1.807) is 24.5 Å². The van der Waals surface area contributed by atoms with Crippen LogP contribution in [-0.4, -0.2) is 44.5 Å². The first kappa shape index (κ1) is 28.5. The van der Waals surface area contributed by atoms with Gasteiger partial charge in [-0.2, -0.15) is 0 Å². The number of nitrogens with one attached hydrogen (secondary N) is 1. The molecule has 0 atom stereocenters. The zero-order valence-corrected chi connectivity index (χ0v) is 22.9. The molecule has 3 N–H and O–H groups in total. The lowest BCUT2D eigenvalue weighted by atomic mass is 10.0. The molecule has 204 valence electrons. The first-order valence-corrected chi connectivity index (χ1v) is 13.4. The van der Waals surface area contributed by atoms with E-state index in [2.05, 4.69) is 51.4 Å². The van der Waals surface area contributed by atoms with Crippen LogP contribution in [0.4, 0.5) is 10.1 Å². The van der Waals surface area contributed by atoms with Crippen LogP contribution in [-0.2, 0) is 6.42 Å². The van der Waals surface area contributed by atoms with Gasteiger partial charge in [0.25, 0.3) is 0 Å². The van der Waals surface area contributed by atoms with Crippen LogP contribution in [0.15, 0.2) is 79.2 Å². The highest BCUT2D eigenvalue weighted by Crippen LogP contribution is 2.27. The summed E-state index contributed by atoms with van der Waals surface area (Å²) in [6.07, 6.45) is 22.0. The van der Waals surface area contributed by atoms with E-state index in [9.17, 15) is 4.39 Å². The van der Waals surface area contributed by atoms with Crippen molar-refractivity contribution in [3.8, 4) is 24.1 Å². The zero-order chi connectivity index (χ0) is 28.5. The van der Waals surface area contributed by atoms with Crippen LogP contribution in [0.5, 0.6) is 0 Å². The maximum absolute atomic E-state index is 13.4. The van der Waals surface area contributed by atoms with E-state index in [-0.39, 0.29) is 5.82 Å². The fourth-order valence-corrected chi connectivity index (χ4v) is 4.94. The Balaban J connectivity index is 0.00000181. The molecule has 1 fully saturated rings. The molecule has 4 aromatic rings. The number of aromatic nitrogens is 4. The highest BCUT2D eigenvalue weighted by atomic mass is 19.1. The summed E-state index contributed by atoms with van der Waals surface area (Å²) in [6.45, 7) is 9.24. The van der Waals surface area contributed by atoms with E-state index in [0.29, 0.717) is 17.8 Å². The van der Waals surface area contributed by atoms with Crippen molar-refractivity contribution in [3.63, 3.8) is 0 Å². The highest BCUT2D eigenvalue weighted by Gasteiger charge is 2.14. The molecule has 6 nitrogen and oxygen atoms in total. The van der Waals surface area contributed by atoms with Crippen molar-refractivity contribution in [2.75, 3.05) is 25.4 Å². The number of nitrogens with two attached hydrogens (primary N) is 1. The molecule has 0 spiro atoms.